The molecule has 14 nitrogen and oxygen atoms in total. The lowest BCUT2D eigenvalue weighted by Gasteiger charge is -2.60. The standard InChI is InChI=1S/C35H38F2N10O4/c1-34(2,3)51-33(49)44(10-9-36)32(48)47-24-11-25(30-23(13-38)16-42-46(30)18-24)22-6-7-27(40-15-22)35-20-45(29(47)12-37)31(35)26(39)19-43(35)17-21-5-8-28(50-4)41-14-21/h5-8,11,14-16,18,26,29,31H,9-10,12,17,19-20,39H2,1-4H3/t26-,29?,31-,35-/m1/s1. The summed E-state index contributed by atoms with van der Waals surface area (Å²) in [4.78, 5) is 43.2. The topological polar surface area (TPSA) is 158 Å². The summed E-state index contributed by atoms with van der Waals surface area (Å²) < 4.78 is 42.0. The van der Waals surface area contributed by atoms with Crippen LogP contribution in [-0.2, 0) is 16.8 Å². The minimum atomic E-state index is -1.29. The highest BCUT2D eigenvalue weighted by Crippen LogP contribution is 2.51. The monoisotopic (exact) mass is 700 g/mol. The number of ether oxygens (including phenoxy) is 2. The minimum absolute atomic E-state index is 0.153. The molecule has 10 heterocycles. The maximum Gasteiger partial charge on any atom is 0.418 e. The summed E-state index contributed by atoms with van der Waals surface area (Å²) in [5.41, 5.74) is 8.69. The Hall–Kier alpha value is -5.24. The van der Waals surface area contributed by atoms with Crippen LogP contribution in [0.5, 0.6) is 5.88 Å². The summed E-state index contributed by atoms with van der Waals surface area (Å²) in [6.45, 7) is 3.23. The summed E-state index contributed by atoms with van der Waals surface area (Å²) in [5.74, 6) is 0.477. The minimum Gasteiger partial charge on any atom is -0.481 e. The number of rotatable bonds is 6. The van der Waals surface area contributed by atoms with Crippen molar-refractivity contribution in [1.29, 1.82) is 5.26 Å². The van der Waals surface area contributed by atoms with E-state index in [1.54, 1.807) is 52.4 Å². The first-order chi connectivity index (χ1) is 24.4. The lowest BCUT2D eigenvalue weighted by Crippen LogP contribution is -2.77. The lowest BCUT2D eigenvalue weighted by molar-refractivity contribution is -0.104. The van der Waals surface area contributed by atoms with Gasteiger partial charge in [-0.3, -0.25) is 19.7 Å². The predicted octanol–water partition coefficient (Wildman–Crippen LogP) is 3.84. The first kappa shape index (κ1) is 34.2. The number of halogens is 2. The fraction of sp³-hybridized carbons (Fsp3) is 0.429. The highest BCUT2D eigenvalue weighted by molar-refractivity contribution is 6.02. The fourth-order valence-electron chi connectivity index (χ4n) is 7.64. The first-order valence-electron chi connectivity index (χ1n) is 16.5. The Morgan fingerprint density at radius 1 is 1.16 bits per heavy atom. The van der Waals surface area contributed by atoms with Gasteiger partial charge in [-0.1, -0.05) is 12.1 Å². The molecular formula is C35H38F2N10O4. The highest BCUT2D eigenvalue weighted by Gasteiger charge is 2.67. The van der Waals surface area contributed by atoms with Crippen LogP contribution in [0.25, 0.3) is 16.6 Å². The smallest absolute Gasteiger partial charge is 0.418 e. The summed E-state index contributed by atoms with van der Waals surface area (Å²) in [7, 11) is 1.54. The van der Waals surface area contributed by atoms with E-state index in [9.17, 15) is 19.2 Å². The number of methoxy groups -OCH3 is 1. The van der Waals surface area contributed by atoms with Crippen molar-refractivity contribution in [2.75, 3.05) is 45.0 Å². The molecule has 6 bridgehead atoms. The Balaban J connectivity index is 1.41. The number of hydrogen-bond donors (Lipinski definition) is 1. The van der Waals surface area contributed by atoms with Crippen molar-refractivity contribution >= 4 is 23.3 Å². The van der Waals surface area contributed by atoms with Crippen LogP contribution in [0, 0.1) is 11.3 Å². The van der Waals surface area contributed by atoms with Gasteiger partial charge in [-0.25, -0.2) is 32.8 Å². The number of urea groups is 1. The van der Waals surface area contributed by atoms with Gasteiger partial charge in [-0.15, -0.1) is 0 Å². The third-order valence-electron chi connectivity index (χ3n) is 9.74. The molecule has 1 spiro atoms. The number of amides is 3. The third kappa shape index (κ3) is 5.61. The highest BCUT2D eigenvalue weighted by atomic mass is 19.1. The number of hydrogen-bond acceptors (Lipinski definition) is 11. The van der Waals surface area contributed by atoms with E-state index in [1.165, 1.54) is 16.9 Å². The van der Waals surface area contributed by atoms with Crippen LogP contribution in [-0.4, -0.2) is 110 Å². The number of alkyl halides is 2. The van der Waals surface area contributed by atoms with Crippen molar-refractivity contribution in [3.8, 4) is 23.1 Å². The fourth-order valence-corrected chi connectivity index (χ4v) is 7.64. The molecule has 2 fully saturated rings. The molecule has 6 aliphatic heterocycles. The van der Waals surface area contributed by atoms with Gasteiger partial charge in [0, 0.05) is 55.3 Å². The maximum atomic E-state index is 15.8. The number of anilines is 1. The molecular weight excluding hydrogens is 662 g/mol. The number of aromatic nitrogens is 4. The van der Waals surface area contributed by atoms with Gasteiger partial charge in [0.05, 0.1) is 60.1 Å². The van der Waals surface area contributed by atoms with Crippen LogP contribution in [0.15, 0.2) is 55.1 Å². The van der Waals surface area contributed by atoms with Crippen LogP contribution in [0.4, 0.5) is 24.1 Å². The molecule has 4 aromatic rings. The second-order valence-electron chi connectivity index (χ2n) is 13.9. The number of imide groups is 1. The molecule has 5 atom stereocenters. The molecule has 0 aliphatic carbocycles. The van der Waals surface area contributed by atoms with E-state index in [1.807, 2.05) is 23.1 Å². The van der Waals surface area contributed by atoms with Crippen LogP contribution >= 0.6 is 0 Å². The molecule has 0 radical (unpaired) electrons. The van der Waals surface area contributed by atoms with Crippen molar-refractivity contribution in [1.82, 2.24) is 34.3 Å². The number of fused-ring (bicyclic) bond motifs is 1. The predicted molar refractivity (Wildman–Crippen MR) is 181 cm³/mol. The number of pyridine rings is 3. The zero-order valence-electron chi connectivity index (χ0n) is 28.7. The Bertz CT molecular complexity index is 2010. The second kappa shape index (κ2) is 12.8. The molecule has 4 aromatic heterocycles. The van der Waals surface area contributed by atoms with E-state index in [4.69, 9.17) is 20.2 Å². The van der Waals surface area contributed by atoms with Crippen molar-refractivity contribution < 1.29 is 27.8 Å². The average Bonchev–Trinajstić information content (AvgIpc) is 3.60. The third-order valence-corrected chi connectivity index (χ3v) is 9.74. The number of nitrogens with zero attached hydrogens (tertiary/aromatic N) is 9. The number of likely N-dealkylation sites (tertiary alicyclic amines) is 1. The first-order valence-corrected chi connectivity index (χ1v) is 16.5. The SMILES string of the molecule is COc1ccc(CN2C[C@@H](N)[C@H]3N4C[C@@]32c2ccc(cn2)-c2cc(cn3ncc(C#N)c23)N(C(=O)N(CCF)C(=O)OC(C)(C)C)C4CF)cn1. The van der Waals surface area contributed by atoms with E-state index in [2.05, 4.69) is 21.1 Å². The van der Waals surface area contributed by atoms with Crippen molar-refractivity contribution in [2.24, 2.45) is 5.73 Å². The molecule has 0 saturated carbocycles. The Morgan fingerprint density at radius 3 is 2.59 bits per heavy atom. The largest absolute Gasteiger partial charge is 0.481 e. The zero-order valence-corrected chi connectivity index (χ0v) is 28.7. The molecule has 0 aromatic carbocycles. The molecule has 3 amide bonds. The molecule has 16 heteroatoms. The number of carbonyl (C=O) groups excluding carboxylic acids is 2. The van der Waals surface area contributed by atoms with Crippen LogP contribution in [0.2, 0.25) is 0 Å². The van der Waals surface area contributed by atoms with Crippen molar-refractivity contribution in [3.05, 3.63) is 71.9 Å². The van der Waals surface area contributed by atoms with Gasteiger partial charge in [-0.05, 0) is 38.5 Å². The van der Waals surface area contributed by atoms with E-state index in [-0.39, 0.29) is 17.8 Å². The molecule has 51 heavy (non-hydrogen) atoms. The normalized spacial score (nSPS) is 23.8. The Morgan fingerprint density at radius 2 is 1.96 bits per heavy atom. The van der Waals surface area contributed by atoms with E-state index < -0.39 is 61.4 Å². The van der Waals surface area contributed by atoms with Crippen LogP contribution < -0.4 is 15.4 Å². The molecule has 6 aliphatic rings. The second-order valence-corrected chi connectivity index (χ2v) is 13.9. The van der Waals surface area contributed by atoms with Gasteiger partial charge < -0.3 is 15.2 Å². The summed E-state index contributed by atoms with van der Waals surface area (Å²) in [5, 5.41) is 14.3. The molecule has 10 rings (SSSR count). The summed E-state index contributed by atoms with van der Waals surface area (Å²) in [6.07, 6.45) is 3.95. The molecule has 2 N–H and O–H groups in total. The number of nitrogens with two attached hydrogens (primary N) is 1. The summed E-state index contributed by atoms with van der Waals surface area (Å²) in [6, 6.07) is 9.27. The van der Waals surface area contributed by atoms with Gasteiger partial charge in [0.25, 0.3) is 0 Å². The van der Waals surface area contributed by atoms with Gasteiger partial charge in [-0.2, -0.15) is 10.4 Å². The van der Waals surface area contributed by atoms with E-state index >= 15 is 4.39 Å². The average molecular weight is 701 g/mol. The Kier molecular flexibility index (Phi) is 8.60. The van der Waals surface area contributed by atoms with Crippen LogP contribution in [0.3, 0.4) is 0 Å². The zero-order chi connectivity index (χ0) is 36.2. The van der Waals surface area contributed by atoms with Crippen molar-refractivity contribution in [2.45, 2.75) is 56.7 Å². The van der Waals surface area contributed by atoms with E-state index in [0.717, 1.165) is 10.5 Å². The maximum absolute atomic E-state index is 15.8. The molecule has 266 valence electrons. The lowest BCUT2D eigenvalue weighted by atomic mass is 9.75. The quantitative estimate of drug-likeness (QED) is 0.312. The summed E-state index contributed by atoms with van der Waals surface area (Å²) >= 11 is 0. The van der Waals surface area contributed by atoms with E-state index in [0.29, 0.717) is 46.2 Å². The number of nitriles is 1. The number of carbonyl (C=O) groups is 2. The van der Waals surface area contributed by atoms with Gasteiger partial charge in [0.2, 0.25) is 5.88 Å². The van der Waals surface area contributed by atoms with Gasteiger partial charge >= 0.3 is 12.1 Å². The molecule has 2 unspecified atom stereocenters. The van der Waals surface area contributed by atoms with Gasteiger partial charge in [0.15, 0.2) is 0 Å². The molecule has 2 saturated heterocycles. The van der Waals surface area contributed by atoms with Crippen molar-refractivity contribution in [3.63, 3.8) is 0 Å². The Labute approximate surface area is 292 Å². The van der Waals surface area contributed by atoms with Gasteiger partial charge in [0.1, 0.15) is 31.2 Å². The van der Waals surface area contributed by atoms with Crippen LogP contribution in [0.1, 0.15) is 37.6 Å².